The first-order chi connectivity index (χ1) is 13.5. The third-order valence-electron chi connectivity index (χ3n) is 4.42. The Morgan fingerprint density at radius 1 is 1.11 bits per heavy atom. The fraction of sp³-hybridized carbons (Fsp3) is 0.350. The highest BCUT2D eigenvalue weighted by atomic mass is 16.5. The lowest BCUT2D eigenvalue weighted by molar-refractivity contribution is -0.152. The molecule has 0 atom stereocenters. The fourth-order valence-electron chi connectivity index (χ4n) is 3.02. The second-order valence-corrected chi connectivity index (χ2v) is 6.50. The second kappa shape index (κ2) is 8.60. The Morgan fingerprint density at radius 3 is 2.46 bits per heavy atom. The maximum absolute atomic E-state index is 12.7. The summed E-state index contributed by atoms with van der Waals surface area (Å²) in [5, 5.41) is 0. The van der Waals surface area contributed by atoms with Gasteiger partial charge in [0, 0.05) is 13.6 Å². The molecule has 0 saturated carbocycles. The van der Waals surface area contributed by atoms with Crippen molar-refractivity contribution in [3.8, 4) is 0 Å². The number of hydrogen-bond acceptors (Lipinski definition) is 5. The van der Waals surface area contributed by atoms with E-state index in [4.69, 9.17) is 9.15 Å². The number of rotatable bonds is 8. The molecule has 0 aliphatic carbocycles. The summed E-state index contributed by atoms with van der Waals surface area (Å²) in [6.07, 6.45) is 2.33. The van der Waals surface area contributed by atoms with Gasteiger partial charge in [0.2, 0.25) is 0 Å². The Hall–Kier alpha value is -3.29. The molecular weight excluding hydrogens is 362 g/mol. The Kier molecular flexibility index (Phi) is 5.98. The normalized spacial score (nSPS) is 10.9. The summed E-state index contributed by atoms with van der Waals surface area (Å²) < 4.78 is 13.3. The monoisotopic (exact) mass is 385 g/mol. The zero-order valence-corrected chi connectivity index (χ0v) is 16.0. The minimum Gasteiger partial charge on any atom is -0.467 e. The Bertz CT molecular complexity index is 1020. The van der Waals surface area contributed by atoms with Gasteiger partial charge in [-0.25, -0.2) is 4.79 Å². The van der Waals surface area contributed by atoms with E-state index in [1.807, 2.05) is 25.1 Å². The van der Waals surface area contributed by atoms with Gasteiger partial charge in [-0.05, 0) is 30.7 Å². The molecule has 0 unspecified atom stereocenters. The first-order valence-corrected chi connectivity index (χ1v) is 9.11. The second-order valence-electron chi connectivity index (χ2n) is 6.50. The number of hydrogen-bond donors (Lipinski definition) is 0. The van der Waals surface area contributed by atoms with Crippen molar-refractivity contribution >= 4 is 22.9 Å². The van der Waals surface area contributed by atoms with Gasteiger partial charge in [-0.2, -0.15) is 0 Å². The molecule has 0 radical (unpaired) electrons. The van der Waals surface area contributed by atoms with Crippen molar-refractivity contribution < 1.29 is 18.7 Å². The SMILES string of the molecule is CCCn1c(=O)n(CC(=O)OCC(=O)N(C)Cc2ccco2)c2ccccc21. The van der Waals surface area contributed by atoms with E-state index in [-0.39, 0.29) is 24.7 Å². The number of para-hydroxylation sites is 2. The molecule has 0 aliphatic rings. The third kappa shape index (κ3) is 4.16. The molecule has 0 aliphatic heterocycles. The van der Waals surface area contributed by atoms with E-state index in [9.17, 15) is 14.4 Å². The molecule has 8 nitrogen and oxygen atoms in total. The Morgan fingerprint density at radius 2 is 1.82 bits per heavy atom. The zero-order valence-electron chi connectivity index (χ0n) is 16.0. The number of ether oxygens (including phenoxy) is 1. The summed E-state index contributed by atoms with van der Waals surface area (Å²) in [6.45, 7) is 2.20. The van der Waals surface area contributed by atoms with E-state index in [1.54, 1.807) is 29.8 Å². The molecule has 0 saturated heterocycles. The number of nitrogens with zero attached hydrogens (tertiary/aromatic N) is 3. The molecule has 1 aromatic carbocycles. The molecule has 0 bridgehead atoms. The van der Waals surface area contributed by atoms with Crippen LogP contribution in [-0.2, 0) is 34.0 Å². The number of likely N-dealkylation sites (N-methyl/N-ethyl adjacent to an activating group) is 1. The molecule has 2 heterocycles. The molecule has 1 amide bonds. The van der Waals surface area contributed by atoms with Crippen molar-refractivity contribution in [1.82, 2.24) is 14.0 Å². The summed E-state index contributed by atoms with van der Waals surface area (Å²) in [5.41, 5.74) is 1.18. The average Bonchev–Trinajstić information content (AvgIpc) is 3.29. The lowest BCUT2D eigenvalue weighted by Crippen LogP contribution is -2.32. The zero-order chi connectivity index (χ0) is 20.1. The minimum atomic E-state index is -0.638. The maximum Gasteiger partial charge on any atom is 0.329 e. The summed E-state index contributed by atoms with van der Waals surface area (Å²) in [4.78, 5) is 38.4. The van der Waals surface area contributed by atoms with Gasteiger partial charge < -0.3 is 14.1 Å². The van der Waals surface area contributed by atoms with Crippen LogP contribution in [0.25, 0.3) is 11.0 Å². The van der Waals surface area contributed by atoms with Crippen LogP contribution in [0, 0.1) is 0 Å². The van der Waals surface area contributed by atoms with Gasteiger partial charge in [-0.1, -0.05) is 19.1 Å². The van der Waals surface area contributed by atoms with Gasteiger partial charge in [-0.3, -0.25) is 18.7 Å². The highest BCUT2D eigenvalue weighted by Crippen LogP contribution is 2.13. The number of esters is 1. The average molecular weight is 385 g/mol. The fourth-order valence-corrected chi connectivity index (χ4v) is 3.02. The van der Waals surface area contributed by atoms with Gasteiger partial charge >= 0.3 is 11.7 Å². The van der Waals surface area contributed by atoms with Crippen molar-refractivity contribution in [1.29, 1.82) is 0 Å². The van der Waals surface area contributed by atoms with Crippen LogP contribution in [0.5, 0.6) is 0 Å². The van der Waals surface area contributed by atoms with E-state index in [0.29, 0.717) is 17.8 Å². The van der Waals surface area contributed by atoms with Crippen LogP contribution >= 0.6 is 0 Å². The van der Waals surface area contributed by atoms with E-state index in [2.05, 4.69) is 0 Å². The van der Waals surface area contributed by atoms with Crippen LogP contribution in [0.2, 0.25) is 0 Å². The van der Waals surface area contributed by atoms with E-state index < -0.39 is 12.6 Å². The summed E-state index contributed by atoms with van der Waals surface area (Å²) in [5.74, 6) is -0.357. The van der Waals surface area contributed by atoms with Crippen LogP contribution in [-0.4, -0.2) is 39.6 Å². The van der Waals surface area contributed by atoms with E-state index in [0.717, 1.165) is 11.9 Å². The van der Waals surface area contributed by atoms with Crippen molar-refractivity contribution in [3.63, 3.8) is 0 Å². The Balaban J connectivity index is 1.64. The number of carbonyl (C=O) groups excluding carboxylic acids is 2. The summed E-state index contributed by atoms with van der Waals surface area (Å²) in [7, 11) is 1.60. The van der Waals surface area contributed by atoms with Gasteiger partial charge in [0.1, 0.15) is 12.3 Å². The molecule has 148 valence electrons. The van der Waals surface area contributed by atoms with Gasteiger partial charge in [-0.15, -0.1) is 0 Å². The Labute approximate surface area is 161 Å². The number of imidazole rings is 1. The molecule has 0 N–H and O–H groups in total. The van der Waals surface area contributed by atoms with Gasteiger partial charge in [0.05, 0.1) is 23.8 Å². The van der Waals surface area contributed by atoms with E-state index >= 15 is 0 Å². The molecule has 0 fully saturated rings. The molecule has 3 aromatic rings. The number of furan rings is 1. The quantitative estimate of drug-likeness (QED) is 0.554. The van der Waals surface area contributed by atoms with Crippen LogP contribution in [0.3, 0.4) is 0 Å². The highest BCUT2D eigenvalue weighted by Gasteiger charge is 2.17. The van der Waals surface area contributed by atoms with Crippen LogP contribution < -0.4 is 5.69 Å². The minimum absolute atomic E-state index is 0.245. The lowest BCUT2D eigenvalue weighted by atomic mass is 10.3. The highest BCUT2D eigenvalue weighted by molar-refractivity contribution is 5.82. The molecule has 0 spiro atoms. The number of amides is 1. The summed E-state index contributed by atoms with van der Waals surface area (Å²) in [6, 6.07) is 10.8. The van der Waals surface area contributed by atoms with Crippen molar-refractivity contribution in [2.45, 2.75) is 33.0 Å². The summed E-state index contributed by atoms with van der Waals surface area (Å²) >= 11 is 0. The molecule has 28 heavy (non-hydrogen) atoms. The maximum atomic E-state index is 12.7. The number of benzene rings is 1. The van der Waals surface area contributed by atoms with Gasteiger partial charge in [0.15, 0.2) is 6.61 Å². The first-order valence-electron chi connectivity index (χ1n) is 9.11. The number of carbonyl (C=O) groups is 2. The number of fused-ring (bicyclic) bond motifs is 1. The topological polar surface area (TPSA) is 86.7 Å². The predicted molar refractivity (Wildman–Crippen MR) is 103 cm³/mol. The van der Waals surface area contributed by atoms with Crippen LogP contribution in [0.1, 0.15) is 19.1 Å². The number of aryl methyl sites for hydroxylation is 1. The van der Waals surface area contributed by atoms with Gasteiger partial charge in [0.25, 0.3) is 5.91 Å². The van der Waals surface area contributed by atoms with Crippen molar-refractivity contribution in [2.75, 3.05) is 13.7 Å². The van der Waals surface area contributed by atoms with Crippen molar-refractivity contribution in [2.24, 2.45) is 0 Å². The lowest BCUT2D eigenvalue weighted by Gasteiger charge is -2.15. The molecule has 3 rings (SSSR count). The molecular formula is C20H23N3O5. The van der Waals surface area contributed by atoms with Crippen LogP contribution in [0.15, 0.2) is 51.9 Å². The standard InChI is InChI=1S/C20H23N3O5/c1-3-10-22-16-8-4-5-9-17(16)23(20(22)26)13-19(25)28-14-18(24)21(2)12-15-7-6-11-27-15/h4-9,11H,3,10,12-14H2,1-2H3. The number of aromatic nitrogens is 2. The van der Waals surface area contributed by atoms with Crippen LogP contribution in [0.4, 0.5) is 0 Å². The van der Waals surface area contributed by atoms with Crippen molar-refractivity contribution in [3.05, 3.63) is 58.9 Å². The predicted octanol–water partition coefficient (Wildman–Crippen LogP) is 2.01. The third-order valence-corrected chi connectivity index (χ3v) is 4.42. The smallest absolute Gasteiger partial charge is 0.329 e. The molecule has 8 heteroatoms. The largest absolute Gasteiger partial charge is 0.467 e. The first kappa shape index (κ1) is 19.5. The van der Waals surface area contributed by atoms with E-state index in [1.165, 1.54) is 15.7 Å². The molecule has 2 aromatic heterocycles.